The topological polar surface area (TPSA) is 43.4 Å². The maximum Gasteiger partial charge on any atom is 0.315 e. The molecule has 3 heteroatoms. The van der Waals surface area contributed by atoms with Gasteiger partial charge in [-0.1, -0.05) is 31.2 Å². The van der Waals surface area contributed by atoms with E-state index in [1.54, 1.807) is 0 Å². The molecule has 2 aromatic carbocycles. The summed E-state index contributed by atoms with van der Waals surface area (Å²) in [6, 6.07) is 7.92. The van der Waals surface area contributed by atoms with Gasteiger partial charge in [-0.2, -0.15) is 0 Å². The monoisotopic (exact) mass is 252 g/mol. The molecule has 0 N–H and O–H groups in total. The molecule has 0 saturated heterocycles. The standard InChI is InChI=1S/C16H12O3/c1-8-13(17)6-9-2-5-12-11(15(8)9)4-3-10-7-14(18)19-16(10)12/h2-5,8H,6-7H2,1H3. The van der Waals surface area contributed by atoms with Gasteiger partial charge in [-0.15, -0.1) is 0 Å². The Labute approximate surface area is 110 Å². The number of hydrogen-bond donors (Lipinski definition) is 0. The average Bonchev–Trinajstić information content (AvgIpc) is 2.90. The highest BCUT2D eigenvalue weighted by Gasteiger charge is 2.30. The van der Waals surface area contributed by atoms with Crippen molar-refractivity contribution in [2.45, 2.75) is 25.7 Å². The van der Waals surface area contributed by atoms with Crippen LogP contribution >= 0.6 is 0 Å². The molecule has 1 atom stereocenters. The van der Waals surface area contributed by atoms with Crippen LogP contribution in [0, 0.1) is 0 Å². The summed E-state index contributed by atoms with van der Waals surface area (Å²) in [5.74, 6) is 0.679. The molecule has 0 saturated carbocycles. The van der Waals surface area contributed by atoms with Crippen LogP contribution in [0.2, 0.25) is 0 Å². The zero-order valence-corrected chi connectivity index (χ0v) is 10.5. The Morgan fingerprint density at radius 2 is 1.74 bits per heavy atom. The first-order chi connectivity index (χ1) is 9.15. The third-order valence-corrected chi connectivity index (χ3v) is 4.20. The molecule has 19 heavy (non-hydrogen) atoms. The van der Waals surface area contributed by atoms with Gasteiger partial charge in [-0.25, -0.2) is 0 Å². The Balaban J connectivity index is 2.06. The summed E-state index contributed by atoms with van der Waals surface area (Å²) >= 11 is 0. The number of carbonyl (C=O) groups is 2. The maximum atomic E-state index is 11.9. The molecular formula is C16H12O3. The van der Waals surface area contributed by atoms with Crippen LogP contribution in [0.1, 0.15) is 29.5 Å². The lowest BCUT2D eigenvalue weighted by Gasteiger charge is -2.10. The minimum Gasteiger partial charge on any atom is -0.425 e. The number of ether oxygens (including phenoxy) is 1. The van der Waals surface area contributed by atoms with Gasteiger partial charge in [-0.3, -0.25) is 9.59 Å². The first-order valence-corrected chi connectivity index (χ1v) is 6.46. The van der Waals surface area contributed by atoms with E-state index in [0.29, 0.717) is 18.6 Å². The van der Waals surface area contributed by atoms with Crippen molar-refractivity contribution in [3.8, 4) is 5.75 Å². The fourth-order valence-corrected chi connectivity index (χ4v) is 3.22. The number of carbonyl (C=O) groups excluding carboxylic acids is 2. The number of hydrogen-bond acceptors (Lipinski definition) is 3. The van der Waals surface area contributed by atoms with Gasteiger partial charge in [0, 0.05) is 23.3 Å². The second kappa shape index (κ2) is 3.44. The van der Waals surface area contributed by atoms with E-state index in [4.69, 9.17) is 4.74 Å². The number of esters is 1. The molecule has 0 bridgehead atoms. The van der Waals surface area contributed by atoms with Crippen LogP contribution in [0.4, 0.5) is 0 Å². The van der Waals surface area contributed by atoms with Crippen LogP contribution in [0.5, 0.6) is 5.75 Å². The van der Waals surface area contributed by atoms with Crippen molar-refractivity contribution in [1.82, 2.24) is 0 Å². The highest BCUT2D eigenvalue weighted by atomic mass is 16.5. The normalized spacial score (nSPS) is 20.6. The lowest BCUT2D eigenvalue weighted by Crippen LogP contribution is -2.01. The smallest absolute Gasteiger partial charge is 0.315 e. The Morgan fingerprint density at radius 3 is 2.58 bits per heavy atom. The van der Waals surface area contributed by atoms with Gasteiger partial charge in [0.1, 0.15) is 11.5 Å². The Hall–Kier alpha value is -2.16. The van der Waals surface area contributed by atoms with E-state index in [2.05, 4.69) is 0 Å². The predicted octanol–water partition coefficient (Wildman–Crippen LogP) is 2.53. The number of ketones is 1. The number of benzene rings is 2. The summed E-state index contributed by atoms with van der Waals surface area (Å²) < 4.78 is 5.32. The van der Waals surface area contributed by atoms with E-state index in [1.165, 1.54) is 0 Å². The van der Waals surface area contributed by atoms with Gasteiger partial charge in [0.05, 0.1) is 6.42 Å². The lowest BCUT2D eigenvalue weighted by molar-refractivity contribution is -0.131. The Bertz CT molecular complexity index is 758. The summed E-state index contributed by atoms with van der Waals surface area (Å²) in [6.45, 7) is 1.95. The predicted molar refractivity (Wildman–Crippen MR) is 70.4 cm³/mol. The number of Topliss-reactive ketones (excluding diaryl/α,β-unsaturated/α-hetero) is 1. The third-order valence-electron chi connectivity index (χ3n) is 4.20. The molecule has 2 aliphatic rings. The van der Waals surface area contributed by atoms with Crippen molar-refractivity contribution >= 4 is 22.5 Å². The minimum atomic E-state index is -0.202. The third kappa shape index (κ3) is 1.33. The molecule has 1 aliphatic heterocycles. The van der Waals surface area contributed by atoms with E-state index >= 15 is 0 Å². The van der Waals surface area contributed by atoms with Gasteiger partial charge in [0.15, 0.2) is 0 Å². The maximum absolute atomic E-state index is 11.9. The SMILES string of the molecule is CC1C(=O)Cc2ccc3c4c(ccc3c21)CC(=O)O4. The first kappa shape index (κ1) is 10.7. The molecule has 0 fully saturated rings. The van der Waals surface area contributed by atoms with Gasteiger partial charge < -0.3 is 4.74 Å². The molecule has 2 aromatic rings. The van der Waals surface area contributed by atoms with Gasteiger partial charge in [-0.05, 0) is 16.5 Å². The van der Waals surface area contributed by atoms with Crippen molar-refractivity contribution in [3.05, 3.63) is 41.0 Å². The number of rotatable bonds is 0. The van der Waals surface area contributed by atoms with E-state index in [9.17, 15) is 9.59 Å². The molecule has 4 rings (SSSR count). The molecule has 1 heterocycles. The molecule has 1 unspecified atom stereocenters. The molecule has 1 aliphatic carbocycles. The molecule has 0 radical (unpaired) electrons. The molecule has 94 valence electrons. The van der Waals surface area contributed by atoms with Crippen molar-refractivity contribution in [3.63, 3.8) is 0 Å². The van der Waals surface area contributed by atoms with Gasteiger partial charge in [0.2, 0.25) is 0 Å². The zero-order chi connectivity index (χ0) is 13.1. The van der Waals surface area contributed by atoms with Crippen LogP contribution in [0.25, 0.3) is 10.8 Å². The second-order valence-electron chi connectivity index (χ2n) is 5.30. The summed E-state index contributed by atoms with van der Waals surface area (Å²) in [4.78, 5) is 23.3. The Morgan fingerprint density at radius 1 is 1.00 bits per heavy atom. The summed E-state index contributed by atoms with van der Waals surface area (Å²) in [6.07, 6.45) is 0.861. The summed E-state index contributed by atoms with van der Waals surface area (Å²) in [7, 11) is 0. The van der Waals surface area contributed by atoms with Crippen molar-refractivity contribution in [2.24, 2.45) is 0 Å². The average molecular weight is 252 g/mol. The highest BCUT2D eigenvalue weighted by molar-refractivity contribution is 6.03. The van der Waals surface area contributed by atoms with E-state index < -0.39 is 0 Å². The minimum absolute atomic E-state index is 0.0612. The van der Waals surface area contributed by atoms with Crippen molar-refractivity contribution in [1.29, 1.82) is 0 Å². The van der Waals surface area contributed by atoms with E-state index in [1.807, 2.05) is 31.2 Å². The van der Waals surface area contributed by atoms with Crippen molar-refractivity contribution < 1.29 is 14.3 Å². The van der Waals surface area contributed by atoms with Gasteiger partial charge in [0.25, 0.3) is 0 Å². The van der Waals surface area contributed by atoms with Crippen LogP contribution < -0.4 is 4.74 Å². The molecule has 3 nitrogen and oxygen atoms in total. The summed E-state index contributed by atoms with van der Waals surface area (Å²) in [5, 5.41) is 1.99. The van der Waals surface area contributed by atoms with Crippen LogP contribution in [-0.2, 0) is 22.4 Å². The number of fused-ring (bicyclic) bond motifs is 5. The largest absolute Gasteiger partial charge is 0.425 e. The molecule has 0 aromatic heterocycles. The fraction of sp³-hybridized carbons (Fsp3) is 0.250. The van der Waals surface area contributed by atoms with Crippen LogP contribution in [-0.4, -0.2) is 11.8 Å². The van der Waals surface area contributed by atoms with Crippen molar-refractivity contribution in [2.75, 3.05) is 0 Å². The van der Waals surface area contributed by atoms with E-state index in [0.717, 1.165) is 27.5 Å². The molecule has 0 spiro atoms. The Kier molecular flexibility index (Phi) is 1.94. The lowest BCUT2D eigenvalue weighted by atomic mass is 9.94. The first-order valence-electron chi connectivity index (χ1n) is 6.46. The van der Waals surface area contributed by atoms with Crippen LogP contribution in [0.15, 0.2) is 24.3 Å². The highest BCUT2D eigenvalue weighted by Crippen LogP contribution is 2.41. The summed E-state index contributed by atoms with van der Waals surface area (Å²) in [5.41, 5.74) is 3.15. The fourth-order valence-electron chi connectivity index (χ4n) is 3.22. The second-order valence-corrected chi connectivity index (χ2v) is 5.30. The molecular weight excluding hydrogens is 240 g/mol. The van der Waals surface area contributed by atoms with Crippen LogP contribution in [0.3, 0.4) is 0 Å². The van der Waals surface area contributed by atoms with Gasteiger partial charge >= 0.3 is 5.97 Å². The quantitative estimate of drug-likeness (QED) is 0.534. The molecule has 0 amide bonds. The zero-order valence-electron chi connectivity index (χ0n) is 10.5. The van der Waals surface area contributed by atoms with E-state index in [-0.39, 0.29) is 17.7 Å².